The Labute approximate surface area is 330 Å². The molecule has 0 aromatic carbocycles. The Bertz CT molecular complexity index is 1140. The van der Waals surface area contributed by atoms with Crippen molar-refractivity contribution in [3.05, 3.63) is 97.2 Å². The molecule has 1 unspecified atom stereocenters. The molecule has 0 aromatic heterocycles. The van der Waals surface area contributed by atoms with Gasteiger partial charge < -0.3 is 14.2 Å². The van der Waals surface area contributed by atoms with Gasteiger partial charge in [0.15, 0.2) is 6.10 Å². The molecule has 0 rings (SSSR count). The van der Waals surface area contributed by atoms with Gasteiger partial charge in [-0.05, 0) is 70.6 Å². The summed E-state index contributed by atoms with van der Waals surface area (Å²) in [5.41, 5.74) is 0. The molecular formula is C48H76O6. The molecule has 54 heavy (non-hydrogen) atoms. The summed E-state index contributed by atoms with van der Waals surface area (Å²) in [4.78, 5) is 37.6. The standard InChI is InChI=1S/C48H76O6/c1-4-7-10-13-16-19-21-23-24-25-27-29-32-35-38-41-47(50)53-44-45(43-52-46(49)40-37-34-31-28-18-15-12-9-6-3)54-48(51)42-39-36-33-30-26-22-20-17-14-11-8-5-2/h7-8,10-11,13,16-17,19-21,23-27,30,45H,4-6,9,12,14-15,18,22,28-29,31-44H2,1-3H3/b10-7-,11-8-,16-13-,20-17-,21-19-,24-23-,27-25-,30-26-. The summed E-state index contributed by atoms with van der Waals surface area (Å²) in [5.74, 6) is -1.01. The van der Waals surface area contributed by atoms with Gasteiger partial charge in [-0.1, -0.05) is 176 Å². The minimum absolute atomic E-state index is 0.108. The molecule has 0 heterocycles. The monoisotopic (exact) mass is 749 g/mol. The Morgan fingerprint density at radius 1 is 0.407 bits per heavy atom. The largest absolute Gasteiger partial charge is 0.462 e. The van der Waals surface area contributed by atoms with Crippen LogP contribution >= 0.6 is 0 Å². The Balaban J connectivity index is 4.53. The SMILES string of the molecule is CC\C=C/C=C\C=C/C=C\C=C/CCCCCC(=O)OCC(COC(=O)CCCCCCCCCCC)OC(=O)CCCC/C=C\C/C=C\C/C=C\CC. The fourth-order valence-corrected chi connectivity index (χ4v) is 5.30. The van der Waals surface area contributed by atoms with E-state index >= 15 is 0 Å². The maximum atomic E-state index is 12.7. The molecule has 0 saturated heterocycles. The molecule has 0 saturated carbocycles. The van der Waals surface area contributed by atoms with Crippen LogP contribution in [0.5, 0.6) is 0 Å². The van der Waals surface area contributed by atoms with E-state index in [1.54, 1.807) is 0 Å². The molecule has 0 bridgehead atoms. The van der Waals surface area contributed by atoms with Crippen molar-refractivity contribution in [1.82, 2.24) is 0 Å². The van der Waals surface area contributed by atoms with Crippen LogP contribution in [0.1, 0.15) is 168 Å². The van der Waals surface area contributed by atoms with Gasteiger partial charge in [-0.25, -0.2) is 0 Å². The van der Waals surface area contributed by atoms with E-state index in [9.17, 15) is 14.4 Å². The summed E-state index contributed by atoms with van der Waals surface area (Å²) in [6.07, 6.45) is 53.9. The van der Waals surface area contributed by atoms with Gasteiger partial charge in [0.05, 0.1) is 0 Å². The first-order valence-electron chi connectivity index (χ1n) is 21.3. The molecule has 0 aliphatic heterocycles. The Morgan fingerprint density at radius 3 is 1.39 bits per heavy atom. The van der Waals surface area contributed by atoms with E-state index in [0.717, 1.165) is 83.5 Å². The summed E-state index contributed by atoms with van der Waals surface area (Å²) in [6, 6.07) is 0. The Hall–Kier alpha value is -3.67. The van der Waals surface area contributed by atoms with Crippen LogP contribution in [0.2, 0.25) is 0 Å². The average molecular weight is 749 g/mol. The summed E-state index contributed by atoms with van der Waals surface area (Å²) < 4.78 is 16.6. The van der Waals surface area contributed by atoms with Gasteiger partial charge in [-0.2, -0.15) is 0 Å². The van der Waals surface area contributed by atoms with E-state index in [0.29, 0.717) is 19.3 Å². The van der Waals surface area contributed by atoms with Crippen LogP contribution in [0.4, 0.5) is 0 Å². The van der Waals surface area contributed by atoms with Gasteiger partial charge in [-0.15, -0.1) is 0 Å². The molecule has 0 fully saturated rings. The number of ether oxygens (including phenoxy) is 3. The smallest absolute Gasteiger partial charge is 0.306 e. The van der Waals surface area contributed by atoms with Crippen LogP contribution in [0, 0.1) is 0 Å². The van der Waals surface area contributed by atoms with Gasteiger partial charge in [0.25, 0.3) is 0 Å². The predicted octanol–water partition coefficient (Wildman–Crippen LogP) is 13.5. The highest BCUT2D eigenvalue weighted by Crippen LogP contribution is 2.12. The van der Waals surface area contributed by atoms with Gasteiger partial charge in [-0.3, -0.25) is 14.4 Å². The lowest BCUT2D eigenvalue weighted by Crippen LogP contribution is -2.30. The lowest BCUT2D eigenvalue weighted by molar-refractivity contribution is -0.167. The molecule has 304 valence electrons. The molecule has 0 radical (unpaired) electrons. The summed E-state index contributed by atoms with van der Waals surface area (Å²) in [6.45, 7) is 6.25. The lowest BCUT2D eigenvalue weighted by atomic mass is 10.1. The molecule has 1 atom stereocenters. The second kappa shape index (κ2) is 42.1. The number of esters is 3. The van der Waals surface area contributed by atoms with Gasteiger partial charge in [0.2, 0.25) is 0 Å². The molecule has 0 aliphatic rings. The summed E-state index contributed by atoms with van der Waals surface area (Å²) in [5, 5.41) is 0. The number of hydrogen-bond acceptors (Lipinski definition) is 6. The normalized spacial score (nSPS) is 13.0. The second-order valence-corrected chi connectivity index (χ2v) is 13.6. The van der Waals surface area contributed by atoms with Crippen LogP contribution in [0.15, 0.2) is 97.2 Å². The van der Waals surface area contributed by atoms with Crippen LogP contribution in [0.25, 0.3) is 0 Å². The number of carbonyl (C=O) groups is 3. The third-order valence-corrected chi connectivity index (χ3v) is 8.46. The first-order chi connectivity index (χ1) is 26.5. The molecular weight excluding hydrogens is 673 g/mol. The molecule has 0 spiro atoms. The number of rotatable bonds is 36. The van der Waals surface area contributed by atoms with E-state index < -0.39 is 6.10 Å². The first-order valence-corrected chi connectivity index (χ1v) is 21.3. The minimum Gasteiger partial charge on any atom is -0.462 e. The van der Waals surface area contributed by atoms with Crippen molar-refractivity contribution < 1.29 is 28.6 Å². The zero-order valence-corrected chi connectivity index (χ0v) is 34.4. The maximum absolute atomic E-state index is 12.7. The quantitative estimate of drug-likeness (QED) is 0.0209. The fraction of sp³-hybridized carbons (Fsp3) is 0.604. The first kappa shape index (κ1) is 50.3. The molecule has 6 nitrogen and oxygen atoms in total. The summed E-state index contributed by atoms with van der Waals surface area (Å²) >= 11 is 0. The minimum atomic E-state index is -0.811. The van der Waals surface area contributed by atoms with Crippen LogP contribution in [-0.2, 0) is 28.6 Å². The maximum Gasteiger partial charge on any atom is 0.306 e. The van der Waals surface area contributed by atoms with Crippen molar-refractivity contribution in [1.29, 1.82) is 0 Å². The third-order valence-electron chi connectivity index (χ3n) is 8.46. The van der Waals surface area contributed by atoms with Crippen LogP contribution < -0.4 is 0 Å². The Kier molecular flexibility index (Phi) is 39.2. The van der Waals surface area contributed by atoms with Crippen LogP contribution in [0.3, 0.4) is 0 Å². The van der Waals surface area contributed by atoms with Gasteiger partial charge in [0, 0.05) is 19.3 Å². The van der Waals surface area contributed by atoms with E-state index in [1.807, 2.05) is 48.6 Å². The van der Waals surface area contributed by atoms with Gasteiger partial charge in [0.1, 0.15) is 13.2 Å². The van der Waals surface area contributed by atoms with Gasteiger partial charge >= 0.3 is 17.9 Å². The molecule has 6 heteroatoms. The highest BCUT2D eigenvalue weighted by molar-refractivity contribution is 5.71. The topological polar surface area (TPSA) is 78.9 Å². The molecule has 0 N–H and O–H groups in total. The van der Waals surface area contributed by atoms with Crippen molar-refractivity contribution in [2.75, 3.05) is 13.2 Å². The Morgan fingerprint density at radius 2 is 0.815 bits per heavy atom. The highest BCUT2D eigenvalue weighted by Gasteiger charge is 2.19. The van der Waals surface area contributed by atoms with E-state index in [2.05, 4.69) is 69.4 Å². The summed E-state index contributed by atoms with van der Waals surface area (Å²) in [7, 11) is 0. The van der Waals surface area contributed by atoms with Crippen molar-refractivity contribution in [3.8, 4) is 0 Å². The van der Waals surface area contributed by atoms with Crippen molar-refractivity contribution >= 4 is 17.9 Å². The van der Waals surface area contributed by atoms with Crippen molar-refractivity contribution in [2.45, 2.75) is 175 Å². The molecule has 0 aliphatic carbocycles. The number of allylic oxidation sites excluding steroid dienone is 16. The van der Waals surface area contributed by atoms with Crippen molar-refractivity contribution in [2.24, 2.45) is 0 Å². The zero-order chi connectivity index (χ0) is 39.4. The van der Waals surface area contributed by atoms with E-state index in [-0.39, 0.29) is 37.5 Å². The lowest BCUT2D eigenvalue weighted by Gasteiger charge is -2.18. The third kappa shape index (κ3) is 39.5. The molecule has 0 aromatic rings. The zero-order valence-electron chi connectivity index (χ0n) is 34.4. The average Bonchev–Trinajstić information content (AvgIpc) is 3.17. The second-order valence-electron chi connectivity index (χ2n) is 13.6. The number of unbranched alkanes of at least 4 members (excludes halogenated alkanes) is 13. The molecule has 0 amide bonds. The van der Waals surface area contributed by atoms with E-state index in [4.69, 9.17) is 14.2 Å². The predicted molar refractivity (Wildman–Crippen MR) is 228 cm³/mol. The highest BCUT2D eigenvalue weighted by atomic mass is 16.6. The fourth-order valence-electron chi connectivity index (χ4n) is 5.30. The van der Waals surface area contributed by atoms with E-state index in [1.165, 1.54) is 38.5 Å². The van der Waals surface area contributed by atoms with Crippen LogP contribution in [-0.4, -0.2) is 37.2 Å². The number of carbonyl (C=O) groups excluding carboxylic acids is 3. The number of hydrogen-bond donors (Lipinski definition) is 0. The van der Waals surface area contributed by atoms with Crippen molar-refractivity contribution in [3.63, 3.8) is 0 Å².